The summed E-state index contributed by atoms with van der Waals surface area (Å²) in [6.45, 7) is 2.99. The fourth-order valence-electron chi connectivity index (χ4n) is 3.04. The Balaban J connectivity index is 1.71. The van der Waals surface area contributed by atoms with Crippen LogP contribution in [0, 0.1) is 5.92 Å². The fraction of sp³-hybridized carbons (Fsp3) is 0.611. The maximum atomic E-state index is 12.6. The van der Waals surface area contributed by atoms with E-state index in [1.54, 1.807) is 0 Å². The molecule has 2 rings (SSSR count). The number of carbonyl (C=O) groups is 1. The highest BCUT2D eigenvalue weighted by molar-refractivity contribution is 5.78. The molecule has 1 saturated carbocycles. The van der Waals surface area contributed by atoms with Crippen molar-refractivity contribution in [3.8, 4) is 0 Å². The van der Waals surface area contributed by atoms with E-state index in [0.29, 0.717) is 24.6 Å². The molecule has 1 fully saturated rings. The number of halogens is 3. The van der Waals surface area contributed by atoms with Crippen molar-refractivity contribution >= 4 is 5.91 Å². The lowest BCUT2D eigenvalue weighted by molar-refractivity contribution is -0.137. The van der Waals surface area contributed by atoms with Gasteiger partial charge in [-0.1, -0.05) is 38.0 Å². The van der Waals surface area contributed by atoms with E-state index in [1.165, 1.54) is 31.4 Å². The van der Waals surface area contributed by atoms with Crippen molar-refractivity contribution in [1.29, 1.82) is 0 Å². The van der Waals surface area contributed by atoms with Crippen LogP contribution in [-0.2, 0) is 22.1 Å². The van der Waals surface area contributed by atoms with E-state index in [1.807, 2.05) is 0 Å². The third-order valence-corrected chi connectivity index (χ3v) is 4.41. The van der Waals surface area contributed by atoms with E-state index in [2.05, 4.69) is 12.2 Å². The predicted molar refractivity (Wildman–Crippen MR) is 85.5 cm³/mol. The van der Waals surface area contributed by atoms with Crippen molar-refractivity contribution in [2.45, 2.75) is 51.3 Å². The summed E-state index contributed by atoms with van der Waals surface area (Å²) >= 11 is 0. The summed E-state index contributed by atoms with van der Waals surface area (Å²) in [4.78, 5) is 11.8. The van der Waals surface area contributed by atoms with Crippen LogP contribution in [0.5, 0.6) is 0 Å². The lowest BCUT2D eigenvalue weighted by atomic mass is 9.88. The molecule has 1 amide bonds. The molecule has 134 valence electrons. The Morgan fingerprint density at radius 2 is 2.04 bits per heavy atom. The molecule has 1 aromatic rings. The van der Waals surface area contributed by atoms with Crippen LogP contribution >= 0.6 is 0 Å². The van der Waals surface area contributed by atoms with Crippen molar-refractivity contribution in [3.63, 3.8) is 0 Å². The van der Waals surface area contributed by atoms with Gasteiger partial charge < -0.3 is 10.1 Å². The van der Waals surface area contributed by atoms with Crippen LogP contribution in [-0.4, -0.2) is 25.2 Å². The van der Waals surface area contributed by atoms with Gasteiger partial charge in [0.05, 0.1) is 24.7 Å². The number of alkyl halides is 3. The average molecular weight is 343 g/mol. The van der Waals surface area contributed by atoms with Crippen molar-refractivity contribution < 1.29 is 22.7 Å². The number of benzene rings is 1. The first kappa shape index (κ1) is 18.8. The molecule has 1 aromatic carbocycles. The second kappa shape index (κ2) is 8.51. The molecule has 1 aliphatic rings. The zero-order valence-corrected chi connectivity index (χ0v) is 13.9. The number of rotatable bonds is 6. The van der Waals surface area contributed by atoms with E-state index < -0.39 is 11.7 Å². The smallest absolute Gasteiger partial charge is 0.376 e. The summed E-state index contributed by atoms with van der Waals surface area (Å²) in [5.74, 6) is 0.245. The topological polar surface area (TPSA) is 38.3 Å². The van der Waals surface area contributed by atoms with Crippen molar-refractivity contribution in [1.82, 2.24) is 5.32 Å². The SMILES string of the molecule is CC1CCCCC1OCCNC(=O)Cc1cccc(C(F)(F)F)c1. The van der Waals surface area contributed by atoms with Crippen LogP contribution in [0.3, 0.4) is 0 Å². The molecule has 2 atom stereocenters. The Hall–Kier alpha value is -1.56. The average Bonchev–Trinajstić information content (AvgIpc) is 2.52. The van der Waals surface area contributed by atoms with Gasteiger partial charge in [0.15, 0.2) is 0 Å². The quantitative estimate of drug-likeness (QED) is 0.794. The first-order valence-electron chi connectivity index (χ1n) is 8.40. The summed E-state index contributed by atoms with van der Waals surface area (Å²) in [6, 6.07) is 4.86. The van der Waals surface area contributed by atoms with Gasteiger partial charge in [0.25, 0.3) is 0 Å². The molecule has 0 heterocycles. The van der Waals surface area contributed by atoms with Crippen LogP contribution < -0.4 is 5.32 Å². The van der Waals surface area contributed by atoms with Gasteiger partial charge >= 0.3 is 6.18 Å². The minimum Gasteiger partial charge on any atom is -0.376 e. The molecule has 0 saturated heterocycles. The standard InChI is InChI=1S/C18H24F3NO2/c1-13-5-2-3-8-16(13)24-10-9-22-17(23)12-14-6-4-7-15(11-14)18(19,20)21/h4,6-7,11,13,16H,2-3,5,8-10,12H2,1H3,(H,22,23). The number of carbonyl (C=O) groups excluding carboxylic acids is 1. The molecule has 0 aliphatic heterocycles. The van der Waals surface area contributed by atoms with Gasteiger partial charge in [-0.2, -0.15) is 13.2 Å². The zero-order valence-electron chi connectivity index (χ0n) is 13.9. The second-order valence-corrected chi connectivity index (χ2v) is 6.40. The Bertz CT molecular complexity index is 545. The predicted octanol–water partition coefficient (Wildman–Crippen LogP) is 3.96. The molecule has 0 radical (unpaired) electrons. The van der Waals surface area contributed by atoms with Crippen LogP contribution in [0.4, 0.5) is 13.2 Å². The molecule has 6 heteroatoms. The van der Waals surface area contributed by atoms with E-state index in [4.69, 9.17) is 4.74 Å². The summed E-state index contributed by atoms with van der Waals surface area (Å²) < 4.78 is 43.7. The highest BCUT2D eigenvalue weighted by Gasteiger charge is 2.30. The lowest BCUT2D eigenvalue weighted by Gasteiger charge is -2.28. The normalized spacial score (nSPS) is 21.5. The van der Waals surface area contributed by atoms with Gasteiger partial charge in [-0.15, -0.1) is 0 Å². The van der Waals surface area contributed by atoms with Crippen LogP contribution in [0.1, 0.15) is 43.7 Å². The molecule has 2 unspecified atom stereocenters. The van der Waals surface area contributed by atoms with Gasteiger partial charge in [0.2, 0.25) is 5.91 Å². The first-order chi connectivity index (χ1) is 11.4. The van der Waals surface area contributed by atoms with Gasteiger partial charge in [-0.3, -0.25) is 4.79 Å². The van der Waals surface area contributed by atoms with Gasteiger partial charge in [-0.25, -0.2) is 0 Å². The van der Waals surface area contributed by atoms with E-state index in [0.717, 1.165) is 18.6 Å². The summed E-state index contributed by atoms with van der Waals surface area (Å²) in [6.07, 6.45) is 0.442. The Morgan fingerprint density at radius 3 is 2.75 bits per heavy atom. The highest BCUT2D eigenvalue weighted by atomic mass is 19.4. The van der Waals surface area contributed by atoms with E-state index in [-0.39, 0.29) is 18.4 Å². The number of hydrogen-bond donors (Lipinski definition) is 1. The highest BCUT2D eigenvalue weighted by Crippen LogP contribution is 2.29. The Kier molecular flexibility index (Phi) is 6.66. The number of amides is 1. The maximum Gasteiger partial charge on any atom is 0.416 e. The molecular formula is C18H24F3NO2. The lowest BCUT2D eigenvalue weighted by Crippen LogP contribution is -2.32. The van der Waals surface area contributed by atoms with Crippen LogP contribution in [0.25, 0.3) is 0 Å². The van der Waals surface area contributed by atoms with Gasteiger partial charge in [0, 0.05) is 6.54 Å². The van der Waals surface area contributed by atoms with E-state index >= 15 is 0 Å². The molecule has 0 bridgehead atoms. The van der Waals surface area contributed by atoms with Crippen LogP contribution in [0.2, 0.25) is 0 Å². The van der Waals surface area contributed by atoms with Crippen molar-refractivity contribution in [3.05, 3.63) is 35.4 Å². The minimum atomic E-state index is -4.39. The Morgan fingerprint density at radius 1 is 1.29 bits per heavy atom. The zero-order chi connectivity index (χ0) is 17.6. The minimum absolute atomic E-state index is 0.0657. The van der Waals surface area contributed by atoms with E-state index in [9.17, 15) is 18.0 Å². The number of ether oxygens (including phenoxy) is 1. The molecular weight excluding hydrogens is 319 g/mol. The maximum absolute atomic E-state index is 12.6. The number of nitrogens with one attached hydrogen (secondary N) is 1. The molecule has 3 nitrogen and oxygen atoms in total. The summed E-state index contributed by atoms with van der Waals surface area (Å²) in [5.41, 5.74) is -0.383. The molecule has 1 N–H and O–H groups in total. The fourth-order valence-corrected chi connectivity index (χ4v) is 3.04. The third kappa shape index (κ3) is 5.82. The second-order valence-electron chi connectivity index (χ2n) is 6.40. The van der Waals surface area contributed by atoms with Gasteiger partial charge in [-0.05, 0) is 30.4 Å². The van der Waals surface area contributed by atoms with Crippen molar-refractivity contribution in [2.75, 3.05) is 13.2 Å². The van der Waals surface area contributed by atoms with Crippen LogP contribution in [0.15, 0.2) is 24.3 Å². The monoisotopic (exact) mass is 343 g/mol. The number of hydrogen-bond acceptors (Lipinski definition) is 2. The summed E-state index contributed by atoms with van der Waals surface area (Å²) in [7, 11) is 0. The summed E-state index contributed by atoms with van der Waals surface area (Å²) in [5, 5.41) is 2.70. The van der Waals surface area contributed by atoms with Crippen molar-refractivity contribution in [2.24, 2.45) is 5.92 Å². The largest absolute Gasteiger partial charge is 0.416 e. The van der Waals surface area contributed by atoms with Gasteiger partial charge in [0.1, 0.15) is 0 Å². The first-order valence-corrected chi connectivity index (χ1v) is 8.40. The molecule has 0 aromatic heterocycles. The Labute approximate surface area is 140 Å². The molecule has 0 spiro atoms. The molecule has 1 aliphatic carbocycles. The third-order valence-electron chi connectivity index (χ3n) is 4.41. The molecule has 24 heavy (non-hydrogen) atoms.